The van der Waals surface area contributed by atoms with Gasteiger partial charge in [-0.3, -0.25) is 10.1 Å². The van der Waals surface area contributed by atoms with Crippen LogP contribution in [0.2, 0.25) is 0 Å². The van der Waals surface area contributed by atoms with E-state index in [1.165, 1.54) is 6.07 Å². The number of rotatable bonds is 4. The van der Waals surface area contributed by atoms with E-state index in [2.05, 4.69) is 21.2 Å². The van der Waals surface area contributed by atoms with Gasteiger partial charge < -0.3 is 11.1 Å². The van der Waals surface area contributed by atoms with E-state index in [1.807, 2.05) is 24.3 Å². The van der Waals surface area contributed by atoms with E-state index >= 15 is 0 Å². The molecule has 0 unspecified atom stereocenters. The first-order valence-corrected chi connectivity index (χ1v) is 6.38. The molecule has 6 heteroatoms. The summed E-state index contributed by atoms with van der Waals surface area (Å²) >= 11 is 3.36. The number of nitro benzene ring substituents is 1. The number of anilines is 2. The highest BCUT2D eigenvalue weighted by molar-refractivity contribution is 9.10. The number of nitrogen functional groups attached to an aromatic ring is 1. The Balaban J connectivity index is 2.18. The molecule has 0 fully saturated rings. The number of nitro groups is 1. The van der Waals surface area contributed by atoms with Crippen LogP contribution in [-0.4, -0.2) is 4.92 Å². The Kier molecular flexibility index (Phi) is 4.01. The van der Waals surface area contributed by atoms with Crippen LogP contribution in [0.25, 0.3) is 0 Å². The molecular weight excluding hydrogens is 310 g/mol. The molecule has 0 aliphatic carbocycles. The summed E-state index contributed by atoms with van der Waals surface area (Å²) in [6.45, 7) is 0.498. The predicted molar refractivity (Wildman–Crippen MR) is 79.0 cm³/mol. The van der Waals surface area contributed by atoms with Crippen LogP contribution >= 0.6 is 15.9 Å². The van der Waals surface area contributed by atoms with Gasteiger partial charge in [0.2, 0.25) is 0 Å². The molecule has 0 bridgehead atoms. The molecule has 5 nitrogen and oxygen atoms in total. The topological polar surface area (TPSA) is 81.2 Å². The number of nitrogens with one attached hydrogen (secondary N) is 1. The largest absolute Gasteiger partial charge is 0.393 e. The van der Waals surface area contributed by atoms with Crippen LogP contribution < -0.4 is 11.1 Å². The molecule has 2 aromatic carbocycles. The SMILES string of the molecule is Nc1cccc(NCc2ccc(Br)cc2)c1[N+](=O)[O-]. The first kappa shape index (κ1) is 13.4. The second kappa shape index (κ2) is 5.71. The lowest BCUT2D eigenvalue weighted by Crippen LogP contribution is -2.04. The molecule has 0 saturated carbocycles. The van der Waals surface area contributed by atoms with Crippen LogP contribution in [0.15, 0.2) is 46.9 Å². The van der Waals surface area contributed by atoms with Crippen LogP contribution in [0.5, 0.6) is 0 Å². The lowest BCUT2D eigenvalue weighted by atomic mass is 10.2. The van der Waals surface area contributed by atoms with E-state index in [0.29, 0.717) is 12.2 Å². The second-order valence-corrected chi connectivity index (χ2v) is 4.90. The summed E-state index contributed by atoms with van der Waals surface area (Å²) in [5, 5.41) is 14.0. The fraction of sp³-hybridized carbons (Fsp3) is 0.0769. The zero-order valence-electron chi connectivity index (χ0n) is 9.97. The monoisotopic (exact) mass is 321 g/mol. The van der Waals surface area contributed by atoms with Gasteiger partial charge in [-0.05, 0) is 29.8 Å². The van der Waals surface area contributed by atoms with Crippen LogP contribution in [0.3, 0.4) is 0 Å². The van der Waals surface area contributed by atoms with Crippen molar-refractivity contribution in [2.45, 2.75) is 6.54 Å². The third-order valence-corrected chi connectivity index (χ3v) is 3.17. The van der Waals surface area contributed by atoms with Gasteiger partial charge in [0.15, 0.2) is 0 Å². The van der Waals surface area contributed by atoms with E-state index in [1.54, 1.807) is 12.1 Å². The van der Waals surface area contributed by atoms with Gasteiger partial charge in [-0.15, -0.1) is 0 Å². The summed E-state index contributed by atoms with van der Waals surface area (Å²) in [5.41, 5.74) is 7.15. The number of para-hydroxylation sites is 1. The molecule has 19 heavy (non-hydrogen) atoms. The Labute approximate surface area is 118 Å². The number of nitrogens with zero attached hydrogens (tertiary/aromatic N) is 1. The van der Waals surface area contributed by atoms with Gasteiger partial charge in [0, 0.05) is 11.0 Å². The first-order valence-electron chi connectivity index (χ1n) is 5.59. The normalized spacial score (nSPS) is 10.2. The van der Waals surface area contributed by atoms with E-state index < -0.39 is 4.92 Å². The lowest BCUT2D eigenvalue weighted by Gasteiger charge is -2.08. The molecule has 0 aliphatic heterocycles. The van der Waals surface area contributed by atoms with Crippen LogP contribution in [0, 0.1) is 10.1 Å². The van der Waals surface area contributed by atoms with Crippen LogP contribution in [0.1, 0.15) is 5.56 Å². The molecule has 0 radical (unpaired) electrons. The molecular formula is C13H12BrN3O2. The molecule has 98 valence electrons. The molecule has 0 aromatic heterocycles. The van der Waals surface area contributed by atoms with Crippen molar-refractivity contribution < 1.29 is 4.92 Å². The minimum absolute atomic E-state index is 0.0837. The third kappa shape index (κ3) is 3.23. The first-order chi connectivity index (χ1) is 9.08. The Hall–Kier alpha value is -2.08. The number of nitrogens with two attached hydrogens (primary N) is 1. The number of hydrogen-bond donors (Lipinski definition) is 2. The van der Waals surface area contributed by atoms with Crippen LogP contribution in [0.4, 0.5) is 17.1 Å². The van der Waals surface area contributed by atoms with Gasteiger partial charge in [-0.2, -0.15) is 0 Å². The highest BCUT2D eigenvalue weighted by Crippen LogP contribution is 2.30. The summed E-state index contributed by atoms with van der Waals surface area (Å²) in [7, 11) is 0. The molecule has 0 saturated heterocycles. The average Bonchev–Trinajstić information content (AvgIpc) is 2.37. The summed E-state index contributed by atoms with van der Waals surface area (Å²) in [4.78, 5) is 10.5. The zero-order valence-corrected chi connectivity index (χ0v) is 11.6. The van der Waals surface area contributed by atoms with Gasteiger partial charge in [0.25, 0.3) is 0 Å². The Morgan fingerprint density at radius 1 is 1.21 bits per heavy atom. The minimum atomic E-state index is -0.473. The van der Waals surface area contributed by atoms with Crippen molar-refractivity contribution in [2.75, 3.05) is 11.1 Å². The standard InChI is InChI=1S/C13H12BrN3O2/c14-10-6-4-9(5-7-10)8-16-12-3-1-2-11(15)13(12)17(18)19/h1-7,16H,8,15H2. The van der Waals surface area contributed by atoms with Gasteiger partial charge in [0.05, 0.1) is 4.92 Å². The Morgan fingerprint density at radius 2 is 1.89 bits per heavy atom. The van der Waals surface area contributed by atoms with E-state index in [9.17, 15) is 10.1 Å². The summed E-state index contributed by atoms with van der Waals surface area (Å²) in [6, 6.07) is 12.6. The number of benzene rings is 2. The van der Waals surface area contributed by atoms with Crippen molar-refractivity contribution >= 4 is 33.0 Å². The summed E-state index contributed by atoms with van der Waals surface area (Å²) in [5.74, 6) is 0. The number of halogens is 1. The van der Waals surface area contributed by atoms with Gasteiger partial charge >= 0.3 is 5.69 Å². The van der Waals surface area contributed by atoms with Crippen molar-refractivity contribution in [2.24, 2.45) is 0 Å². The predicted octanol–water partition coefficient (Wildman–Crippen LogP) is 3.55. The molecule has 0 atom stereocenters. The van der Waals surface area contributed by atoms with E-state index in [-0.39, 0.29) is 11.4 Å². The lowest BCUT2D eigenvalue weighted by molar-refractivity contribution is -0.383. The Bertz CT molecular complexity index is 599. The van der Waals surface area contributed by atoms with Gasteiger partial charge in [-0.25, -0.2) is 0 Å². The summed E-state index contributed by atoms with van der Waals surface area (Å²) in [6.07, 6.45) is 0. The van der Waals surface area contributed by atoms with Gasteiger partial charge in [0.1, 0.15) is 11.4 Å². The van der Waals surface area contributed by atoms with Gasteiger partial charge in [-0.1, -0.05) is 34.1 Å². The van der Waals surface area contributed by atoms with Crippen LogP contribution in [-0.2, 0) is 6.54 Å². The highest BCUT2D eigenvalue weighted by Gasteiger charge is 2.17. The van der Waals surface area contributed by atoms with Crippen molar-refractivity contribution in [3.05, 3.63) is 62.6 Å². The fourth-order valence-corrected chi connectivity index (χ4v) is 1.97. The smallest absolute Gasteiger partial charge is 0.314 e. The minimum Gasteiger partial charge on any atom is -0.393 e. The number of hydrogen-bond acceptors (Lipinski definition) is 4. The maximum atomic E-state index is 11.0. The third-order valence-electron chi connectivity index (χ3n) is 2.65. The maximum absolute atomic E-state index is 11.0. The molecule has 0 amide bonds. The maximum Gasteiger partial charge on any atom is 0.314 e. The zero-order chi connectivity index (χ0) is 13.8. The van der Waals surface area contributed by atoms with Crippen molar-refractivity contribution in [3.63, 3.8) is 0 Å². The molecule has 2 rings (SSSR count). The fourth-order valence-electron chi connectivity index (χ4n) is 1.71. The second-order valence-electron chi connectivity index (χ2n) is 3.98. The van der Waals surface area contributed by atoms with E-state index in [0.717, 1.165) is 10.0 Å². The highest BCUT2D eigenvalue weighted by atomic mass is 79.9. The quantitative estimate of drug-likeness (QED) is 0.512. The molecule has 0 heterocycles. The molecule has 0 aliphatic rings. The summed E-state index contributed by atoms with van der Waals surface area (Å²) < 4.78 is 0.992. The molecule has 0 spiro atoms. The van der Waals surface area contributed by atoms with Crippen molar-refractivity contribution in [1.82, 2.24) is 0 Å². The van der Waals surface area contributed by atoms with Crippen molar-refractivity contribution in [1.29, 1.82) is 0 Å². The van der Waals surface area contributed by atoms with Crippen molar-refractivity contribution in [3.8, 4) is 0 Å². The van der Waals surface area contributed by atoms with E-state index in [4.69, 9.17) is 5.73 Å². The average molecular weight is 322 g/mol. The Morgan fingerprint density at radius 3 is 2.53 bits per heavy atom. The molecule has 2 aromatic rings. The molecule has 3 N–H and O–H groups in total.